The molecule has 0 aromatic carbocycles. The van der Waals surface area contributed by atoms with E-state index in [-0.39, 0.29) is 12.4 Å². The van der Waals surface area contributed by atoms with Gasteiger partial charge in [-0.3, -0.25) is 4.79 Å². The van der Waals surface area contributed by atoms with E-state index in [0.717, 1.165) is 32.0 Å². The smallest absolute Gasteiger partial charge is 0.222 e. The van der Waals surface area contributed by atoms with Crippen LogP contribution in [0.2, 0.25) is 0 Å². The number of hydrogen-bond acceptors (Lipinski definition) is 2. The van der Waals surface area contributed by atoms with Gasteiger partial charge in [-0.1, -0.05) is 20.8 Å². The number of amides is 1. The van der Waals surface area contributed by atoms with Gasteiger partial charge in [0.15, 0.2) is 0 Å². The maximum Gasteiger partial charge on any atom is 0.222 e. The molecule has 130 valence electrons. The van der Waals surface area contributed by atoms with Crippen molar-refractivity contribution >= 4 is 18.3 Å². The van der Waals surface area contributed by atoms with Gasteiger partial charge in [-0.25, -0.2) is 0 Å². The van der Waals surface area contributed by atoms with Gasteiger partial charge < -0.3 is 10.2 Å². The third kappa shape index (κ3) is 5.73. The fourth-order valence-electron chi connectivity index (χ4n) is 4.82. The third-order valence-electron chi connectivity index (χ3n) is 5.31. The molecule has 1 aliphatic carbocycles. The first kappa shape index (κ1) is 19.8. The van der Waals surface area contributed by atoms with E-state index >= 15 is 0 Å². The van der Waals surface area contributed by atoms with Gasteiger partial charge in [-0.2, -0.15) is 0 Å². The monoisotopic (exact) mass is 330 g/mol. The van der Waals surface area contributed by atoms with Crippen molar-refractivity contribution < 1.29 is 4.79 Å². The summed E-state index contributed by atoms with van der Waals surface area (Å²) in [5.74, 6) is 2.42. The Morgan fingerprint density at radius 2 is 2.00 bits per heavy atom. The molecular weight excluding hydrogens is 296 g/mol. The van der Waals surface area contributed by atoms with Gasteiger partial charge >= 0.3 is 0 Å². The molecule has 1 amide bonds. The molecule has 3 nitrogen and oxygen atoms in total. The van der Waals surface area contributed by atoms with Crippen molar-refractivity contribution in [3.8, 4) is 0 Å². The summed E-state index contributed by atoms with van der Waals surface area (Å²) in [5, 5.41) is 3.26. The SMILES string of the molecule is CNCC1CCCN(C(=O)CC2CC(C)CC(C)(C)C2)C1.Cl. The maximum atomic E-state index is 12.6. The number of carbonyl (C=O) groups is 1. The van der Waals surface area contributed by atoms with Gasteiger partial charge in [-0.05, 0) is 68.9 Å². The Morgan fingerprint density at radius 1 is 1.27 bits per heavy atom. The van der Waals surface area contributed by atoms with Crippen LogP contribution in [0.15, 0.2) is 0 Å². The van der Waals surface area contributed by atoms with Crippen molar-refractivity contribution in [2.45, 2.75) is 59.3 Å². The highest BCUT2D eigenvalue weighted by Crippen LogP contribution is 2.43. The Bertz CT molecular complexity index is 357. The summed E-state index contributed by atoms with van der Waals surface area (Å²) in [7, 11) is 2.01. The van der Waals surface area contributed by atoms with Crippen LogP contribution in [0.25, 0.3) is 0 Å². The lowest BCUT2D eigenvalue weighted by Gasteiger charge is -2.40. The lowest BCUT2D eigenvalue weighted by molar-refractivity contribution is -0.134. The van der Waals surface area contributed by atoms with Crippen LogP contribution in [-0.4, -0.2) is 37.5 Å². The molecule has 1 aliphatic heterocycles. The Morgan fingerprint density at radius 3 is 2.64 bits per heavy atom. The molecule has 0 aromatic rings. The summed E-state index contributed by atoms with van der Waals surface area (Å²) in [4.78, 5) is 14.8. The number of hydrogen-bond donors (Lipinski definition) is 1. The molecule has 2 aliphatic rings. The molecule has 0 bridgehead atoms. The zero-order valence-corrected chi connectivity index (χ0v) is 15.7. The van der Waals surface area contributed by atoms with E-state index in [4.69, 9.17) is 0 Å². The molecule has 22 heavy (non-hydrogen) atoms. The average molecular weight is 331 g/mol. The van der Waals surface area contributed by atoms with Crippen LogP contribution in [0.5, 0.6) is 0 Å². The van der Waals surface area contributed by atoms with E-state index in [1.807, 2.05) is 7.05 Å². The van der Waals surface area contributed by atoms with E-state index in [0.29, 0.717) is 23.2 Å². The number of nitrogens with one attached hydrogen (secondary N) is 1. The predicted octanol–water partition coefficient (Wildman–Crippen LogP) is 3.72. The highest BCUT2D eigenvalue weighted by molar-refractivity contribution is 5.85. The summed E-state index contributed by atoms with van der Waals surface area (Å²) in [6.07, 6.45) is 6.98. The molecule has 1 N–H and O–H groups in total. The second-order valence-electron chi connectivity index (χ2n) is 8.39. The van der Waals surface area contributed by atoms with Gasteiger partial charge in [-0.15, -0.1) is 12.4 Å². The van der Waals surface area contributed by atoms with E-state index in [9.17, 15) is 4.79 Å². The fourth-order valence-corrected chi connectivity index (χ4v) is 4.82. The summed E-state index contributed by atoms with van der Waals surface area (Å²) >= 11 is 0. The van der Waals surface area contributed by atoms with Crippen LogP contribution in [0.4, 0.5) is 0 Å². The molecule has 0 spiro atoms. The molecular formula is C18H35ClN2O. The Kier molecular flexibility index (Phi) is 7.67. The number of carbonyl (C=O) groups excluding carboxylic acids is 1. The maximum absolute atomic E-state index is 12.6. The van der Waals surface area contributed by atoms with E-state index in [1.54, 1.807) is 0 Å². The van der Waals surface area contributed by atoms with Crippen molar-refractivity contribution in [2.75, 3.05) is 26.7 Å². The van der Waals surface area contributed by atoms with Crippen LogP contribution < -0.4 is 5.32 Å². The molecule has 3 atom stereocenters. The fraction of sp³-hybridized carbons (Fsp3) is 0.944. The van der Waals surface area contributed by atoms with Gasteiger partial charge in [0.1, 0.15) is 0 Å². The third-order valence-corrected chi connectivity index (χ3v) is 5.31. The highest BCUT2D eigenvalue weighted by Gasteiger charge is 2.34. The summed E-state index contributed by atoms with van der Waals surface area (Å²) < 4.78 is 0. The Balaban J connectivity index is 0.00000242. The molecule has 3 unspecified atom stereocenters. The lowest BCUT2D eigenvalue weighted by atomic mass is 9.67. The van der Waals surface area contributed by atoms with Gasteiger partial charge in [0.05, 0.1) is 0 Å². The van der Waals surface area contributed by atoms with Crippen molar-refractivity contribution in [3.63, 3.8) is 0 Å². The van der Waals surface area contributed by atoms with Crippen molar-refractivity contribution in [1.82, 2.24) is 10.2 Å². The molecule has 0 radical (unpaired) electrons. The number of piperidine rings is 1. The number of likely N-dealkylation sites (tertiary alicyclic amines) is 1. The summed E-state index contributed by atoms with van der Waals surface area (Å²) in [6.45, 7) is 10.1. The second kappa shape index (κ2) is 8.54. The quantitative estimate of drug-likeness (QED) is 0.852. The van der Waals surface area contributed by atoms with Gasteiger partial charge in [0.25, 0.3) is 0 Å². The van der Waals surface area contributed by atoms with Crippen molar-refractivity contribution in [2.24, 2.45) is 23.2 Å². The minimum Gasteiger partial charge on any atom is -0.342 e. The van der Waals surface area contributed by atoms with Crippen LogP contribution in [0, 0.1) is 23.2 Å². The molecule has 4 heteroatoms. The second-order valence-corrected chi connectivity index (χ2v) is 8.39. The van der Waals surface area contributed by atoms with Crippen molar-refractivity contribution in [3.05, 3.63) is 0 Å². The summed E-state index contributed by atoms with van der Waals surface area (Å²) in [5.41, 5.74) is 0.416. The molecule has 1 heterocycles. The molecule has 0 aromatic heterocycles. The normalized spacial score (nSPS) is 31.5. The number of rotatable bonds is 4. The standard InChI is InChI=1S/C18H34N2O.ClH/c1-14-8-16(11-18(2,3)10-14)9-17(21)20-7-5-6-15(13-20)12-19-4;/h14-16,19H,5-13H2,1-4H3;1H. The first-order chi connectivity index (χ1) is 9.89. The predicted molar refractivity (Wildman–Crippen MR) is 95.4 cm³/mol. The lowest BCUT2D eigenvalue weighted by Crippen LogP contribution is -2.43. The van der Waals surface area contributed by atoms with Gasteiger partial charge in [0, 0.05) is 19.5 Å². The molecule has 1 saturated carbocycles. The molecule has 2 rings (SSSR count). The van der Waals surface area contributed by atoms with Crippen LogP contribution in [0.1, 0.15) is 59.3 Å². The summed E-state index contributed by atoms with van der Waals surface area (Å²) in [6, 6.07) is 0. The highest BCUT2D eigenvalue weighted by atomic mass is 35.5. The van der Waals surface area contributed by atoms with Crippen LogP contribution in [0.3, 0.4) is 0 Å². The number of nitrogens with zero attached hydrogens (tertiary/aromatic N) is 1. The van der Waals surface area contributed by atoms with Crippen LogP contribution >= 0.6 is 12.4 Å². The van der Waals surface area contributed by atoms with E-state index in [1.165, 1.54) is 32.1 Å². The minimum atomic E-state index is 0. The number of halogens is 1. The largest absolute Gasteiger partial charge is 0.342 e. The van der Waals surface area contributed by atoms with E-state index < -0.39 is 0 Å². The topological polar surface area (TPSA) is 32.3 Å². The zero-order valence-electron chi connectivity index (χ0n) is 14.9. The van der Waals surface area contributed by atoms with Gasteiger partial charge in [0.2, 0.25) is 5.91 Å². The zero-order chi connectivity index (χ0) is 15.5. The average Bonchev–Trinajstić information content (AvgIpc) is 2.37. The Hall–Kier alpha value is -0.280. The van der Waals surface area contributed by atoms with Crippen molar-refractivity contribution in [1.29, 1.82) is 0 Å². The first-order valence-electron chi connectivity index (χ1n) is 8.82. The molecule has 2 fully saturated rings. The first-order valence-corrected chi connectivity index (χ1v) is 8.82. The van der Waals surface area contributed by atoms with Crippen LogP contribution in [-0.2, 0) is 4.79 Å². The molecule has 1 saturated heterocycles. The Labute approximate surface area is 143 Å². The van der Waals surface area contributed by atoms with E-state index in [2.05, 4.69) is 31.0 Å². The minimum absolute atomic E-state index is 0.